The second kappa shape index (κ2) is 5.42. The van der Waals surface area contributed by atoms with Crippen molar-refractivity contribution in [2.45, 2.75) is 25.8 Å². The first kappa shape index (κ1) is 13.4. The lowest BCUT2D eigenvalue weighted by Gasteiger charge is -2.45. The summed E-state index contributed by atoms with van der Waals surface area (Å²) in [7, 11) is 0. The summed E-state index contributed by atoms with van der Waals surface area (Å²) in [5.41, 5.74) is 5.10. The van der Waals surface area contributed by atoms with E-state index in [1.165, 1.54) is 25.9 Å². The predicted octanol–water partition coefficient (Wildman–Crippen LogP) is 1.10. The number of benzene rings is 1. The molecule has 3 aliphatic rings. The molecule has 2 bridgehead atoms. The van der Waals surface area contributed by atoms with Crippen LogP contribution in [0.5, 0.6) is 0 Å². The molecule has 3 aliphatic heterocycles. The van der Waals surface area contributed by atoms with E-state index in [1.54, 1.807) is 0 Å². The zero-order valence-electron chi connectivity index (χ0n) is 11.9. The monoisotopic (exact) mass is 274 g/mol. The van der Waals surface area contributed by atoms with Crippen LogP contribution in [0, 0.1) is 12.8 Å². The van der Waals surface area contributed by atoms with Crippen molar-refractivity contribution in [3.63, 3.8) is 0 Å². The van der Waals surface area contributed by atoms with Gasteiger partial charge in [-0.05, 0) is 62.5 Å². The highest BCUT2D eigenvalue weighted by Crippen LogP contribution is 2.27. The van der Waals surface area contributed by atoms with E-state index in [0.717, 1.165) is 23.4 Å². The van der Waals surface area contributed by atoms with Crippen molar-refractivity contribution >= 4 is 11.6 Å². The summed E-state index contributed by atoms with van der Waals surface area (Å²) in [6.45, 7) is 5.31. The van der Waals surface area contributed by atoms with Crippen LogP contribution in [0.1, 0.15) is 28.8 Å². The van der Waals surface area contributed by atoms with Gasteiger partial charge in [-0.1, -0.05) is 0 Å². The molecule has 0 radical (unpaired) electrons. The number of piperidine rings is 3. The zero-order chi connectivity index (χ0) is 14.1. The maximum absolute atomic E-state index is 12.4. The highest BCUT2D eigenvalue weighted by molar-refractivity contribution is 5.96. The molecule has 3 fully saturated rings. The number of anilines is 1. The van der Waals surface area contributed by atoms with E-state index in [2.05, 4.69) is 15.6 Å². The van der Waals surface area contributed by atoms with Crippen molar-refractivity contribution in [2.75, 3.05) is 25.1 Å². The molecule has 108 valence electrons. The summed E-state index contributed by atoms with van der Waals surface area (Å²) < 4.78 is 0. The highest BCUT2D eigenvalue weighted by Gasteiger charge is 2.35. The summed E-state index contributed by atoms with van der Waals surface area (Å²) in [6, 6.07) is 5.86. The lowest BCUT2D eigenvalue weighted by Crippen LogP contribution is -2.57. The van der Waals surface area contributed by atoms with Gasteiger partial charge in [-0.25, -0.2) is 0 Å². The van der Waals surface area contributed by atoms with Gasteiger partial charge in [-0.2, -0.15) is 0 Å². The van der Waals surface area contributed by atoms with E-state index in [0.29, 0.717) is 12.0 Å². The van der Waals surface area contributed by atoms with Gasteiger partial charge in [-0.3, -0.25) is 10.6 Å². The number of fused-ring (bicyclic) bond motifs is 3. The molecule has 1 aromatic rings. The molecule has 0 aliphatic carbocycles. The van der Waals surface area contributed by atoms with Gasteiger partial charge >= 0.3 is 0 Å². The summed E-state index contributed by atoms with van der Waals surface area (Å²) in [5, 5.41) is 3.21. The molecule has 1 aromatic carbocycles. The van der Waals surface area contributed by atoms with Crippen LogP contribution in [0.15, 0.2) is 18.2 Å². The summed E-state index contributed by atoms with van der Waals surface area (Å²) in [5.74, 6) is 6.06. The van der Waals surface area contributed by atoms with E-state index < -0.39 is 0 Å². The summed E-state index contributed by atoms with van der Waals surface area (Å²) in [4.78, 5) is 14.9. The highest BCUT2D eigenvalue weighted by atomic mass is 16.1. The number of carbonyl (C=O) groups excluding carboxylic acids is 1. The number of hydrogen-bond acceptors (Lipinski definition) is 4. The van der Waals surface area contributed by atoms with Crippen LogP contribution in [-0.2, 0) is 0 Å². The van der Waals surface area contributed by atoms with Crippen molar-refractivity contribution < 1.29 is 4.79 Å². The number of nitrogens with one attached hydrogen (secondary N) is 2. The van der Waals surface area contributed by atoms with Gasteiger partial charge in [0, 0.05) is 23.8 Å². The van der Waals surface area contributed by atoms with E-state index >= 15 is 0 Å². The van der Waals surface area contributed by atoms with Crippen LogP contribution in [0.25, 0.3) is 0 Å². The molecule has 0 aromatic heterocycles. The second-order valence-corrected chi connectivity index (χ2v) is 5.89. The topological polar surface area (TPSA) is 70.4 Å². The van der Waals surface area contributed by atoms with Gasteiger partial charge in [0.25, 0.3) is 5.91 Å². The Morgan fingerprint density at radius 2 is 2.10 bits per heavy atom. The Kier molecular flexibility index (Phi) is 3.63. The molecular formula is C15H22N4O. The second-order valence-electron chi connectivity index (χ2n) is 5.89. The molecule has 3 heterocycles. The first-order valence-electron chi connectivity index (χ1n) is 7.28. The van der Waals surface area contributed by atoms with Gasteiger partial charge in [0.05, 0.1) is 0 Å². The molecule has 1 amide bonds. The van der Waals surface area contributed by atoms with Crippen molar-refractivity contribution in [1.82, 2.24) is 10.2 Å². The minimum atomic E-state index is 0.0322. The van der Waals surface area contributed by atoms with Crippen LogP contribution in [0.3, 0.4) is 0 Å². The van der Waals surface area contributed by atoms with Gasteiger partial charge in [0.2, 0.25) is 0 Å². The van der Waals surface area contributed by atoms with E-state index in [-0.39, 0.29) is 5.91 Å². The number of nitrogens with two attached hydrogens (primary N) is 1. The average Bonchev–Trinajstić information content (AvgIpc) is 2.48. The van der Waals surface area contributed by atoms with Gasteiger partial charge < -0.3 is 15.6 Å². The number of hydrazine groups is 1. The molecular weight excluding hydrogens is 252 g/mol. The fraction of sp³-hybridized carbons (Fsp3) is 0.533. The molecule has 1 unspecified atom stereocenters. The maximum atomic E-state index is 12.4. The van der Waals surface area contributed by atoms with Crippen LogP contribution in [-0.4, -0.2) is 36.5 Å². The van der Waals surface area contributed by atoms with Crippen molar-refractivity contribution in [1.29, 1.82) is 0 Å². The normalized spacial score (nSPS) is 28.2. The lowest BCUT2D eigenvalue weighted by atomic mass is 9.84. The van der Waals surface area contributed by atoms with Crippen molar-refractivity contribution in [3.8, 4) is 0 Å². The number of nitrogen functional groups attached to an aromatic ring is 1. The van der Waals surface area contributed by atoms with E-state index in [1.807, 2.05) is 25.1 Å². The van der Waals surface area contributed by atoms with Crippen molar-refractivity contribution in [2.24, 2.45) is 11.8 Å². The third-order valence-corrected chi connectivity index (χ3v) is 4.61. The predicted molar refractivity (Wildman–Crippen MR) is 79.4 cm³/mol. The first-order valence-corrected chi connectivity index (χ1v) is 7.28. The molecule has 4 N–H and O–H groups in total. The molecule has 3 saturated heterocycles. The maximum Gasteiger partial charge on any atom is 0.251 e. The van der Waals surface area contributed by atoms with E-state index in [4.69, 9.17) is 5.84 Å². The Bertz CT molecular complexity index is 509. The van der Waals surface area contributed by atoms with Crippen molar-refractivity contribution in [3.05, 3.63) is 29.3 Å². The van der Waals surface area contributed by atoms with Crippen LogP contribution < -0.4 is 16.6 Å². The lowest BCUT2D eigenvalue weighted by molar-refractivity contribution is 0.0620. The summed E-state index contributed by atoms with van der Waals surface area (Å²) >= 11 is 0. The minimum absolute atomic E-state index is 0.0322. The number of amides is 1. The standard InChI is InChI=1S/C15H22N4O/c1-10-8-12(18-16)2-3-13(10)15(20)17-14-9-19-6-4-11(14)5-7-19/h2-3,8,11,14,18H,4-7,9,16H2,1H3,(H,17,20). The van der Waals surface area contributed by atoms with E-state index in [9.17, 15) is 4.79 Å². The Hall–Kier alpha value is -1.59. The first-order chi connectivity index (χ1) is 9.67. The SMILES string of the molecule is Cc1cc(NN)ccc1C(=O)NC1CN2CCC1CC2. The number of rotatable bonds is 3. The molecule has 1 atom stereocenters. The summed E-state index contributed by atoms with van der Waals surface area (Å²) in [6.07, 6.45) is 2.42. The van der Waals surface area contributed by atoms with Crippen LogP contribution in [0.2, 0.25) is 0 Å². The quantitative estimate of drug-likeness (QED) is 0.570. The molecule has 0 saturated carbocycles. The van der Waals surface area contributed by atoms with Gasteiger partial charge in [-0.15, -0.1) is 0 Å². The van der Waals surface area contributed by atoms with Gasteiger partial charge in [0.15, 0.2) is 0 Å². The molecule has 5 nitrogen and oxygen atoms in total. The molecule has 5 heteroatoms. The zero-order valence-corrected chi connectivity index (χ0v) is 11.9. The third-order valence-electron chi connectivity index (χ3n) is 4.61. The number of nitrogens with zero attached hydrogens (tertiary/aromatic N) is 1. The van der Waals surface area contributed by atoms with Crippen LogP contribution in [0.4, 0.5) is 5.69 Å². The largest absolute Gasteiger partial charge is 0.348 e. The molecule has 20 heavy (non-hydrogen) atoms. The minimum Gasteiger partial charge on any atom is -0.348 e. The third kappa shape index (κ3) is 2.51. The number of aryl methyl sites for hydroxylation is 1. The average molecular weight is 274 g/mol. The Morgan fingerprint density at radius 1 is 1.35 bits per heavy atom. The Labute approximate surface area is 119 Å². The molecule has 4 rings (SSSR count). The smallest absolute Gasteiger partial charge is 0.251 e. The Morgan fingerprint density at radius 3 is 2.65 bits per heavy atom. The number of hydrogen-bond donors (Lipinski definition) is 3. The van der Waals surface area contributed by atoms with Gasteiger partial charge in [0.1, 0.15) is 0 Å². The Balaban J connectivity index is 1.70. The van der Waals surface area contributed by atoms with Crippen LogP contribution >= 0.6 is 0 Å². The molecule has 0 spiro atoms. The fourth-order valence-corrected chi connectivity index (χ4v) is 3.38. The number of carbonyl (C=O) groups is 1. The fourth-order valence-electron chi connectivity index (χ4n) is 3.38.